The molecule has 0 bridgehead atoms. The van der Waals surface area contributed by atoms with E-state index in [0.29, 0.717) is 0 Å². The van der Waals surface area contributed by atoms with Crippen molar-refractivity contribution < 1.29 is 4.79 Å². The molecule has 1 amide bonds. The number of nitrogens with zero attached hydrogens (tertiary/aromatic N) is 2. The van der Waals surface area contributed by atoms with Crippen molar-refractivity contribution in [2.75, 3.05) is 13.6 Å². The van der Waals surface area contributed by atoms with E-state index in [4.69, 9.17) is 0 Å². The summed E-state index contributed by atoms with van der Waals surface area (Å²) in [7, 11) is 1.94. The second-order valence-electron chi connectivity index (χ2n) is 7.88. The molecule has 0 aliphatic carbocycles. The maximum absolute atomic E-state index is 13.3. The fourth-order valence-electron chi connectivity index (χ4n) is 4.49. The van der Waals surface area contributed by atoms with E-state index in [1.165, 1.54) is 33.2 Å². The van der Waals surface area contributed by atoms with Crippen LogP contribution in [0, 0.1) is 13.8 Å². The summed E-state index contributed by atoms with van der Waals surface area (Å²) in [5, 5.41) is 1.28. The van der Waals surface area contributed by atoms with Crippen molar-refractivity contribution in [1.29, 1.82) is 0 Å². The minimum atomic E-state index is 0.172. The molecule has 27 heavy (non-hydrogen) atoms. The highest BCUT2D eigenvalue weighted by Crippen LogP contribution is 2.33. The maximum atomic E-state index is 13.3. The predicted octanol–water partition coefficient (Wildman–Crippen LogP) is 4.91. The predicted molar refractivity (Wildman–Crippen MR) is 111 cm³/mol. The van der Waals surface area contributed by atoms with Gasteiger partial charge in [0.1, 0.15) is 5.69 Å². The molecule has 0 fully saturated rings. The molecule has 1 aromatic heterocycles. The molecule has 0 saturated heterocycles. The van der Waals surface area contributed by atoms with Crippen molar-refractivity contribution in [2.24, 2.45) is 0 Å². The zero-order valence-corrected chi connectivity index (χ0v) is 16.6. The first-order chi connectivity index (χ1) is 13.1. The Balaban J connectivity index is 1.89. The minimum absolute atomic E-state index is 0.172. The third-order valence-electron chi connectivity index (χ3n) is 5.78. The fraction of sp³-hybridized carbons (Fsp3) is 0.375. The van der Waals surface area contributed by atoms with Gasteiger partial charge >= 0.3 is 0 Å². The molecule has 3 nitrogen and oxygen atoms in total. The van der Waals surface area contributed by atoms with Gasteiger partial charge in [-0.3, -0.25) is 4.79 Å². The Morgan fingerprint density at radius 3 is 2.59 bits per heavy atom. The standard InChI is InChI=1S/C24H28N2O/c1-17-15-18(2)22-21(16-17)20-11-7-8-13-25(3)24(27)23(20)26(22)14-12-19-9-5-4-6-10-19/h4-6,9-10,15-16H,7-8,11-14H2,1-3H3. The molecule has 0 radical (unpaired) electrons. The first-order valence-corrected chi connectivity index (χ1v) is 9.98. The van der Waals surface area contributed by atoms with Gasteiger partial charge in [-0.15, -0.1) is 0 Å². The molecule has 3 aromatic rings. The number of amides is 1. The number of carbonyl (C=O) groups is 1. The number of carbonyl (C=O) groups excluding carboxylic acids is 1. The summed E-state index contributed by atoms with van der Waals surface area (Å²) in [4.78, 5) is 15.2. The van der Waals surface area contributed by atoms with Crippen LogP contribution in [0.5, 0.6) is 0 Å². The van der Waals surface area contributed by atoms with Crippen LogP contribution in [-0.2, 0) is 19.4 Å². The average molecular weight is 361 g/mol. The molecule has 0 atom stereocenters. The van der Waals surface area contributed by atoms with Crippen molar-refractivity contribution in [3.63, 3.8) is 0 Å². The third kappa shape index (κ3) is 3.27. The van der Waals surface area contributed by atoms with Gasteiger partial charge in [-0.05, 0) is 62.3 Å². The molecule has 3 heteroatoms. The quantitative estimate of drug-likeness (QED) is 0.651. The van der Waals surface area contributed by atoms with Crippen LogP contribution in [-0.4, -0.2) is 29.0 Å². The SMILES string of the molecule is Cc1cc(C)c2c(c1)c1c(n2CCc2ccccc2)C(=O)N(C)CCCC1. The van der Waals surface area contributed by atoms with Crippen molar-refractivity contribution in [3.8, 4) is 0 Å². The lowest BCUT2D eigenvalue weighted by molar-refractivity contribution is 0.0777. The number of rotatable bonds is 3. The fourth-order valence-corrected chi connectivity index (χ4v) is 4.49. The number of hydrogen-bond acceptors (Lipinski definition) is 1. The number of aryl methyl sites for hydroxylation is 5. The van der Waals surface area contributed by atoms with E-state index in [1.807, 2.05) is 11.9 Å². The van der Waals surface area contributed by atoms with Gasteiger partial charge in [-0.2, -0.15) is 0 Å². The van der Waals surface area contributed by atoms with Gasteiger partial charge in [0.25, 0.3) is 5.91 Å². The summed E-state index contributed by atoms with van der Waals surface area (Å²) >= 11 is 0. The Bertz CT molecular complexity index is 985. The molecule has 0 saturated carbocycles. The van der Waals surface area contributed by atoms with Crippen molar-refractivity contribution in [1.82, 2.24) is 9.47 Å². The van der Waals surface area contributed by atoms with E-state index in [1.54, 1.807) is 0 Å². The molecule has 0 spiro atoms. The van der Waals surface area contributed by atoms with E-state index >= 15 is 0 Å². The highest BCUT2D eigenvalue weighted by molar-refractivity contribution is 6.02. The third-order valence-corrected chi connectivity index (χ3v) is 5.78. The molecular weight excluding hydrogens is 332 g/mol. The van der Waals surface area contributed by atoms with Gasteiger partial charge in [0.05, 0.1) is 5.52 Å². The summed E-state index contributed by atoms with van der Waals surface area (Å²) in [6, 6.07) is 15.1. The summed E-state index contributed by atoms with van der Waals surface area (Å²) in [6.45, 7) is 6.00. The van der Waals surface area contributed by atoms with E-state index in [9.17, 15) is 4.79 Å². The molecule has 0 unspecified atom stereocenters. The Morgan fingerprint density at radius 1 is 1.04 bits per heavy atom. The first-order valence-electron chi connectivity index (χ1n) is 9.98. The van der Waals surface area contributed by atoms with Crippen LogP contribution in [0.4, 0.5) is 0 Å². The monoisotopic (exact) mass is 360 g/mol. The average Bonchev–Trinajstić information content (AvgIpc) is 2.95. The molecule has 140 valence electrons. The molecule has 2 heterocycles. The normalized spacial score (nSPS) is 14.9. The van der Waals surface area contributed by atoms with Gasteiger partial charge in [-0.1, -0.05) is 42.0 Å². The van der Waals surface area contributed by atoms with Crippen LogP contribution in [0.15, 0.2) is 42.5 Å². The Labute approximate surface area is 161 Å². The summed E-state index contributed by atoms with van der Waals surface area (Å²) in [5.74, 6) is 0.172. The highest BCUT2D eigenvalue weighted by Gasteiger charge is 2.27. The molecule has 2 aromatic carbocycles. The maximum Gasteiger partial charge on any atom is 0.270 e. The number of benzene rings is 2. The lowest BCUT2D eigenvalue weighted by Gasteiger charge is -2.22. The van der Waals surface area contributed by atoms with E-state index < -0.39 is 0 Å². The van der Waals surface area contributed by atoms with Crippen molar-refractivity contribution >= 4 is 16.8 Å². The van der Waals surface area contributed by atoms with Crippen LogP contribution in [0.3, 0.4) is 0 Å². The summed E-state index contributed by atoms with van der Waals surface area (Å²) < 4.78 is 2.30. The van der Waals surface area contributed by atoms with Crippen LogP contribution < -0.4 is 0 Å². The van der Waals surface area contributed by atoms with Gasteiger partial charge in [0.2, 0.25) is 0 Å². The first kappa shape index (κ1) is 17.8. The highest BCUT2D eigenvalue weighted by atomic mass is 16.2. The van der Waals surface area contributed by atoms with E-state index in [2.05, 4.69) is 60.9 Å². The molecule has 4 rings (SSSR count). The van der Waals surface area contributed by atoms with Crippen LogP contribution in [0.2, 0.25) is 0 Å². The molecule has 0 N–H and O–H groups in total. The molecule has 1 aliphatic heterocycles. The van der Waals surface area contributed by atoms with Crippen LogP contribution >= 0.6 is 0 Å². The minimum Gasteiger partial charge on any atom is -0.340 e. The smallest absolute Gasteiger partial charge is 0.270 e. The van der Waals surface area contributed by atoms with Gasteiger partial charge in [0, 0.05) is 25.5 Å². The lowest BCUT2D eigenvalue weighted by Crippen LogP contribution is -2.32. The van der Waals surface area contributed by atoms with Gasteiger partial charge < -0.3 is 9.47 Å². The van der Waals surface area contributed by atoms with Crippen LogP contribution in [0.25, 0.3) is 10.9 Å². The Morgan fingerprint density at radius 2 is 1.81 bits per heavy atom. The molecule has 1 aliphatic rings. The second-order valence-corrected chi connectivity index (χ2v) is 7.88. The number of aromatic nitrogens is 1. The largest absolute Gasteiger partial charge is 0.340 e. The van der Waals surface area contributed by atoms with E-state index in [0.717, 1.165) is 44.5 Å². The summed E-state index contributed by atoms with van der Waals surface area (Å²) in [6.07, 6.45) is 4.13. The number of hydrogen-bond donors (Lipinski definition) is 0. The van der Waals surface area contributed by atoms with Crippen molar-refractivity contribution in [3.05, 3.63) is 70.4 Å². The Kier molecular flexibility index (Phi) is 4.77. The van der Waals surface area contributed by atoms with Gasteiger partial charge in [-0.25, -0.2) is 0 Å². The zero-order valence-electron chi connectivity index (χ0n) is 16.6. The Hall–Kier alpha value is -2.55. The molecular formula is C24H28N2O. The van der Waals surface area contributed by atoms with Crippen molar-refractivity contribution in [2.45, 2.75) is 46.1 Å². The topological polar surface area (TPSA) is 25.2 Å². The number of fused-ring (bicyclic) bond motifs is 3. The second kappa shape index (κ2) is 7.22. The summed E-state index contributed by atoms with van der Waals surface area (Å²) in [5.41, 5.74) is 7.25. The van der Waals surface area contributed by atoms with E-state index in [-0.39, 0.29) is 5.91 Å². The lowest BCUT2D eigenvalue weighted by atomic mass is 9.99. The van der Waals surface area contributed by atoms with Gasteiger partial charge in [0.15, 0.2) is 0 Å². The van der Waals surface area contributed by atoms with Crippen LogP contribution in [0.1, 0.15) is 45.6 Å². The zero-order chi connectivity index (χ0) is 19.0.